The monoisotopic (exact) mass is 339 g/mol. The van der Waals surface area contributed by atoms with E-state index in [1.54, 1.807) is 0 Å². The van der Waals surface area contributed by atoms with Crippen LogP contribution in [0.5, 0.6) is 17.2 Å². The molecule has 2 aromatic carbocycles. The third-order valence-electron chi connectivity index (χ3n) is 4.25. The molecule has 2 heterocycles. The van der Waals surface area contributed by atoms with Crippen molar-refractivity contribution >= 4 is 11.0 Å². The van der Waals surface area contributed by atoms with Gasteiger partial charge in [-0.2, -0.15) is 0 Å². The first kappa shape index (κ1) is 15.8. The predicted octanol–water partition coefficient (Wildman–Crippen LogP) is 2.65. The van der Waals surface area contributed by atoms with Crippen LogP contribution < -0.4 is 19.9 Å². The summed E-state index contributed by atoms with van der Waals surface area (Å²) in [4.78, 5) is 4.63. The Morgan fingerprint density at radius 1 is 1.16 bits per heavy atom. The maximum Gasteiger partial charge on any atom is 0.163 e. The van der Waals surface area contributed by atoms with Gasteiger partial charge in [0.1, 0.15) is 31.4 Å². The summed E-state index contributed by atoms with van der Waals surface area (Å²) in [5.74, 6) is 3.18. The van der Waals surface area contributed by atoms with Gasteiger partial charge in [-0.25, -0.2) is 4.98 Å². The number of benzene rings is 2. The van der Waals surface area contributed by atoms with Crippen LogP contribution in [-0.4, -0.2) is 29.4 Å². The molecule has 4 rings (SSSR count). The Balaban J connectivity index is 1.59. The number of hydrogen-bond donors (Lipinski definition) is 1. The molecule has 1 aromatic heterocycles. The second-order valence-electron chi connectivity index (χ2n) is 6.03. The van der Waals surface area contributed by atoms with E-state index in [2.05, 4.69) is 9.55 Å². The number of nitrogens with zero attached hydrogens (tertiary/aromatic N) is 2. The summed E-state index contributed by atoms with van der Waals surface area (Å²) in [6.07, 6.45) is 0. The third kappa shape index (κ3) is 3.13. The molecule has 1 aliphatic heterocycles. The molecule has 0 saturated carbocycles. The molecular formula is C19H21N3O3. The van der Waals surface area contributed by atoms with Crippen molar-refractivity contribution in [2.24, 2.45) is 5.73 Å². The van der Waals surface area contributed by atoms with E-state index >= 15 is 0 Å². The van der Waals surface area contributed by atoms with Crippen LogP contribution in [0.15, 0.2) is 36.4 Å². The van der Waals surface area contributed by atoms with Crippen molar-refractivity contribution in [3.05, 3.63) is 47.8 Å². The predicted molar refractivity (Wildman–Crippen MR) is 95.3 cm³/mol. The fraction of sp³-hybridized carbons (Fsp3) is 0.316. The SMILES string of the molecule is Cc1cccc(OCCn2c(CN)nc3cc4c(cc32)OCCO4)c1. The summed E-state index contributed by atoms with van der Waals surface area (Å²) in [6.45, 7) is 4.74. The maximum absolute atomic E-state index is 5.88. The maximum atomic E-state index is 5.88. The van der Waals surface area contributed by atoms with Crippen LogP contribution in [0.25, 0.3) is 11.0 Å². The van der Waals surface area contributed by atoms with Crippen molar-refractivity contribution in [2.75, 3.05) is 19.8 Å². The fourth-order valence-electron chi connectivity index (χ4n) is 3.08. The summed E-state index contributed by atoms with van der Waals surface area (Å²) in [7, 11) is 0. The van der Waals surface area contributed by atoms with Gasteiger partial charge in [-0.3, -0.25) is 0 Å². The van der Waals surface area contributed by atoms with Crippen molar-refractivity contribution in [1.82, 2.24) is 9.55 Å². The fourth-order valence-corrected chi connectivity index (χ4v) is 3.08. The highest BCUT2D eigenvalue weighted by atomic mass is 16.6. The molecule has 0 aliphatic carbocycles. The zero-order valence-corrected chi connectivity index (χ0v) is 14.2. The molecule has 0 amide bonds. The number of hydrogen-bond acceptors (Lipinski definition) is 5. The van der Waals surface area contributed by atoms with Gasteiger partial charge in [-0.1, -0.05) is 12.1 Å². The van der Waals surface area contributed by atoms with Crippen LogP contribution in [-0.2, 0) is 13.1 Å². The zero-order valence-electron chi connectivity index (χ0n) is 14.2. The normalized spacial score (nSPS) is 13.2. The lowest BCUT2D eigenvalue weighted by Crippen LogP contribution is -2.16. The van der Waals surface area contributed by atoms with E-state index in [-0.39, 0.29) is 0 Å². The molecule has 0 unspecified atom stereocenters. The highest BCUT2D eigenvalue weighted by Gasteiger charge is 2.17. The smallest absolute Gasteiger partial charge is 0.163 e. The van der Waals surface area contributed by atoms with Gasteiger partial charge >= 0.3 is 0 Å². The van der Waals surface area contributed by atoms with Crippen molar-refractivity contribution in [3.8, 4) is 17.2 Å². The van der Waals surface area contributed by atoms with Crippen LogP contribution in [0.1, 0.15) is 11.4 Å². The molecule has 0 atom stereocenters. The highest BCUT2D eigenvalue weighted by Crippen LogP contribution is 2.34. The van der Waals surface area contributed by atoms with Gasteiger partial charge in [0.2, 0.25) is 0 Å². The summed E-state index contributed by atoms with van der Waals surface area (Å²) in [5, 5.41) is 0. The van der Waals surface area contributed by atoms with Gasteiger partial charge in [0.05, 0.1) is 24.1 Å². The zero-order chi connectivity index (χ0) is 17.2. The second kappa shape index (κ2) is 6.64. The Morgan fingerprint density at radius 3 is 2.72 bits per heavy atom. The van der Waals surface area contributed by atoms with Gasteiger partial charge in [-0.15, -0.1) is 0 Å². The number of ether oxygens (including phenoxy) is 3. The van der Waals surface area contributed by atoms with Gasteiger partial charge in [0.25, 0.3) is 0 Å². The Kier molecular flexibility index (Phi) is 4.19. The molecule has 0 fully saturated rings. The van der Waals surface area contributed by atoms with Gasteiger partial charge in [0.15, 0.2) is 11.5 Å². The number of imidazole rings is 1. The van der Waals surface area contributed by atoms with E-state index in [0.717, 1.165) is 34.1 Å². The van der Waals surface area contributed by atoms with E-state index in [1.165, 1.54) is 5.56 Å². The van der Waals surface area contributed by atoms with E-state index in [9.17, 15) is 0 Å². The molecule has 0 radical (unpaired) electrons. The molecule has 3 aromatic rings. The molecule has 0 bridgehead atoms. The lowest BCUT2D eigenvalue weighted by Gasteiger charge is -2.18. The molecule has 130 valence electrons. The molecule has 0 saturated heterocycles. The Hall–Kier alpha value is -2.73. The summed E-state index contributed by atoms with van der Waals surface area (Å²) < 4.78 is 19.3. The molecule has 6 nitrogen and oxygen atoms in total. The average Bonchev–Trinajstić information content (AvgIpc) is 2.97. The average molecular weight is 339 g/mol. The topological polar surface area (TPSA) is 71.5 Å². The number of rotatable bonds is 5. The lowest BCUT2D eigenvalue weighted by molar-refractivity contribution is 0.172. The van der Waals surface area contributed by atoms with Gasteiger partial charge in [-0.05, 0) is 24.6 Å². The van der Waals surface area contributed by atoms with E-state index < -0.39 is 0 Å². The molecule has 6 heteroatoms. The third-order valence-corrected chi connectivity index (χ3v) is 4.25. The summed E-state index contributed by atoms with van der Waals surface area (Å²) in [6, 6.07) is 11.9. The largest absolute Gasteiger partial charge is 0.492 e. The highest BCUT2D eigenvalue weighted by molar-refractivity contribution is 5.80. The number of fused-ring (bicyclic) bond motifs is 2. The van der Waals surface area contributed by atoms with Crippen LogP contribution in [0, 0.1) is 6.92 Å². The van der Waals surface area contributed by atoms with Crippen molar-refractivity contribution in [1.29, 1.82) is 0 Å². The summed E-state index contributed by atoms with van der Waals surface area (Å²) in [5.41, 5.74) is 8.91. The van der Waals surface area contributed by atoms with Crippen molar-refractivity contribution in [2.45, 2.75) is 20.0 Å². The minimum absolute atomic E-state index is 0.367. The van der Waals surface area contributed by atoms with E-state index in [1.807, 2.05) is 43.3 Å². The van der Waals surface area contributed by atoms with Gasteiger partial charge < -0.3 is 24.5 Å². The van der Waals surface area contributed by atoms with Gasteiger partial charge in [0, 0.05) is 12.1 Å². The minimum Gasteiger partial charge on any atom is -0.492 e. The standard InChI is InChI=1S/C19H21N3O3/c1-13-3-2-4-14(9-13)23-6-5-22-16-11-18-17(24-7-8-25-18)10-15(16)21-19(22)12-20/h2-4,9-11H,5-8,12,20H2,1H3. The van der Waals surface area contributed by atoms with E-state index in [0.29, 0.717) is 32.9 Å². The molecule has 0 spiro atoms. The minimum atomic E-state index is 0.367. The molecule has 2 N–H and O–H groups in total. The quantitative estimate of drug-likeness (QED) is 0.774. The number of aromatic nitrogens is 2. The Bertz CT molecular complexity index is 904. The first-order valence-electron chi connectivity index (χ1n) is 8.43. The van der Waals surface area contributed by atoms with E-state index in [4.69, 9.17) is 19.9 Å². The second-order valence-corrected chi connectivity index (χ2v) is 6.03. The Labute approximate surface area is 146 Å². The lowest BCUT2D eigenvalue weighted by atomic mass is 10.2. The number of nitrogens with two attached hydrogens (primary N) is 1. The van der Waals surface area contributed by atoms with Crippen molar-refractivity contribution < 1.29 is 14.2 Å². The number of aryl methyl sites for hydroxylation is 1. The van der Waals surface area contributed by atoms with Crippen LogP contribution in [0.3, 0.4) is 0 Å². The van der Waals surface area contributed by atoms with Crippen LogP contribution in [0.2, 0.25) is 0 Å². The van der Waals surface area contributed by atoms with Crippen molar-refractivity contribution in [3.63, 3.8) is 0 Å². The summed E-state index contributed by atoms with van der Waals surface area (Å²) >= 11 is 0. The van der Waals surface area contributed by atoms with Crippen LogP contribution >= 0.6 is 0 Å². The van der Waals surface area contributed by atoms with Crippen LogP contribution in [0.4, 0.5) is 0 Å². The Morgan fingerprint density at radius 2 is 1.96 bits per heavy atom. The first-order chi connectivity index (χ1) is 12.2. The molecule has 25 heavy (non-hydrogen) atoms. The molecule has 1 aliphatic rings. The first-order valence-corrected chi connectivity index (χ1v) is 8.43. The molecular weight excluding hydrogens is 318 g/mol.